The zero-order valence-corrected chi connectivity index (χ0v) is 23.1. The molecule has 0 radical (unpaired) electrons. The van der Waals surface area contributed by atoms with Crippen LogP contribution in [-0.4, -0.2) is 68.3 Å². The highest BCUT2D eigenvalue weighted by atomic mass is 19.1. The fourth-order valence-electron chi connectivity index (χ4n) is 4.17. The van der Waals surface area contributed by atoms with Crippen molar-refractivity contribution in [2.75, 3.05) is 18.6 Å². The van der Waals surface area contributed by atoms with Crippen LogP contribution in [0, 0.1) is 5.92 Å². The molecule has 1 aliphatic carbocycles. The second kappa shape index (κ2) is 9.70. The molecule has 200 valence electrons. The number of nitrogens with zero attached hydrogens (tertiary/aromatic N) is 5. The van der Waals surface area contributed by atoms with Crippen LogP contribution in [0.15, 0.2) is 24.8 Å². The Morgan fingerprint density at radius 1 is 1.06 bits per heavy atom. The number of carbonyl (C=O) groups is 1. The molecule has 0 aliphatic heterocycles. The number of hydrogen-bond acceptors (Lipinski definition) is 7. The van der Waals surface area contributed by atoms with Gasteiger partial charge >= 0.3 is 6.09 Å². The van der Waals surface area contributed by atoms with E-state index in [4.69, 9.17) is 14.2 Å². The van der Waals surface area contributed by atoms with Crippen molar-refractivity contribution in [1.82, 2.24) is 19.5 Å². The van der Waals surface area contributed by atoms with Crippen molar-refractivity contribution in [1.29, 1.82) is 0 Å². The third-order valence-electron chi connectivity index (χ3n) is 5.68. The second-order valence-electron chi connectivity index (χ2n) is 12.2. The Hall–Kier alpha value is -2.59. The fourth-order valence-corrected chi connectivity index (χ4v) is 4.17. The van der Waals surface area contributed by atoms with Gasteiger partial charge in [0.2, 0.25) is 0 Å². The Balaban J connectivity index is 2.00. The number of aromatic nitrogens is 4. The molecule has 2 aromatic heterocycles. The number of fused-ring (bicyclic) bond motifs is 1. The third kappa shape index (κ3) is 6.21. The molecule has 0 N–H and O–H groups in total. The molecular formula is C26H40FN5O4. The van der Waals surface area contributed by atoms with Gasteiger partial charge in [0, 0.05) is 13.0 Å². The van der Waals surface area contributed by atoms with Gasteiger partial charge in [-0.25, -0.2) is 24.1 Å². The molecule has 1 amide bonds. The third-order valence-corrected chi connectivity index (χ3v) is 5.68. The summed E-state index contributed by atoms with van der Waals surface area (Å²) in [5, 5.41) is 0. The normalized spacial score (nSPS) is 23.4. The number of amides is 1. The van der Waals surface area contributed by atoms with Gasteiger partial charge in [-0.2, -0.15) is 0 Å². The first-order valence-corrected chi connectivity index (χ1v) is 12.2. The summed E-state index contributed by atoms with van der Waals surface area (Å²) >= 11 is 0. The van der Waals surface area contributed by atoms with Crippen molar-refractivity contribution in [2.45, 2.75) is 97.4 Å². The molecule has 0 bridgehead atoms. The lowest BCUT2D eigenvalue weighted by molar-refractivity contribution is -0.118. The number of hydrogen-bond donors (Lipinski definition) is 0. The van der Waals surface area contributed by atoms with Crippen LogP contribution in [0.25, 0.3) is 11.2 Å². The molecule has 36 heavy (non-hydrogen) atoms. The number of imidazole rings is 1. The highest BCUT2D eigenvalue weighted by molar-refractivity contribution is 5.95. The Labute approximate surface area is 213 Å². The van der Waals surface area contributed by atoms with Crippen LogP contribution in [0.4, 0.5) is 15.0 Å². The molecule has 0 aromatic carbocycles. The van der Waals surface area contributed by atoms with Crippen molar-refractivity contribution in [3.63, 3.8) is 0 Å². The molecule has 1 saturated carbocycles. The fraction of sp³-hybridized carbons (Fsp3) is 0.692. The van der Waals surface area contributed by atoms with Crippen molar-refractivity contribution < 1.29 is 23.4 Å². The van der Waals surface area contributed by atoms with Crippen molar-refractivity contribution >= 4 is 23.1 Å². The molecule has 1 fully saturated rings. The van der Waals surface area contributed by atoms with E-state index in [1.54, 1.807) is 32.4 Å². The summed E-state index contributed by atoms with van der Waals surface area (Å²) in [7, 11) is 1.55. The van der Waals surface area contributed by atoms with E-state index in [2.05, 4.69) is 21.5 Å². The van der Waals surface area contributed by atoms with Gasteiger partial charge in [-0.15, -0.1) is 0 Å². The Bertz CT molecular complexity index is 1110. The molecule has 4 atom stereocenters. The minimum Gasteiger partial charge on any atom is -0.443 e. The van der Waals surface area contributed by atoms with Gasteiger partial charge in [0.15, 0.2) is 23.2 Å². The summed E-state index contributed by atoms with van der Waals surface area (Å²) in [4.78, 5) is 27.0. The predicted molar refractivity (Wildman–Crippen MR) is 137 cm³/mol. The predicted octanol–water partition coefficient (Wildman–Crippen LogP) is 5.26. The summed E-state index contributed by atoms with van der Waals surface area (Å²) in [6.07, 6.45) is 0.0850. The zero-order valence-electron chi connectivity index (χ0n) is 23.1. The first-order chi connectivity index (χ1) is 16.4. The average molecular weight is 506 g/mol. The minimum absolute atomic E-state index is 0.266. The van der Waals surface area contributed by atoms with Crippen LogP contribution in [-0.2, 0) is 14.2 Å². The highest BCUT2D eigenvalue weighted by Gasteiger charge is 2.50. The number of alkyl halides is 1. The van der Waals surface area contributed by atoms with E-state index < -0.39 is 41.2 Å². The molecule has 0 spiro atoms. The topological polar surface area (TPSA) is 91.6 Å². The van der Waals surface area contributed by atoms with Gasteiger partial charge in [-0.05, 0) is 67.9 Å². The van der Waals surface area contributed by atoms with Gasteiger partial charge < -0.3 is 18.8 Å². The average Bonchev–Trinajstić information content (AvgIpc) is 3.22. The quantitative estimate of drug-likeness (QED) is 0.512. The second-order valence-corrected chi connectivity index (χ2v) is 12.2. The lowest BCUT2D eigenvalue weighted by atomic mass is 10.0. The Morgan fingerprint density at radius 3 is 2.25 bits per heavy atom. The monoisotopic (exact) mass is 505 g/mol. The summed E-state index contributed by atoms with van der Waals surface area (Å²) in [6.45, 7) is 21.4. The summed E-state index contributed by atoms with van der Waals surface area (Å²) < 4.78 is 35.5. The first kappa shape index (κ1) is 28.0. The zero-order chi connectivity index (χ0) is 27.2. The molecule has 1 aliphatic rings. The standard InChI is InChI=1S/C26H40FN5O4/c1-15-16(12-34-24(2,3)4)20(35-25(5,6)7)17(27)19(15)32-14-30-18-21(28-13-29-22(18)32)31(11)23(33)36-26(8,9)10/h13-14,16-17,19-20H,1,12H2,2-11H3/t16-,17+,19+,20?/m0/s1. The van der Waals surface area contributed by atoms with E-state index in [0.717, 1.165) is 0 Å². The Kier molecular flexibility index (Phi) is 7.54. The van der Waals surface area contributed by atoms with E-state index >= 15 is 4.39 Å². The molecule has 1 unspecified atom stereocenters. The van der Waals surface area contributed by atoms with Gasteiger partial charge in [-0.1, -0.05) is 6.58 Å². The molecule has 0 saturated heterocycles. The maximum Gasteiger partial charge on any atom is 0.415 e. The number of anilines is 1. The van der Waals surface area contributed by atoms with Crippen LogP contribution >= 0.6 is 0 Å². The van der Waals surface area contributed by atoms with Crippen LogP contribution in [0.5, 0.6) is 0 Å². The molecule has 2 heterocycles. The van der Waals surface area contributed by atoms with Gasteiger partial charge in [-0.3, -0.25) is 4.90 Å². The van der Waals surface area contributed by atoms with Gasteiger partial charge in [0.1, 0.15) is 18.0 Å². The van der Waals surface area contributed by atoms with Crippen molar-refractivity contribution in [3.05, 3.63) is 24.8 Å². The van der Waals surface area contributed by atoms with E-state index in [9.17, 15) is 4.79 Å². The molecule has 10 heteroatoms. The number of carbonyl (C=O) groups excluding carboxylic acids is 1. The van der Waals surface area contributed by atoms with E-state index in [-0.39, 0.29) is 18.3 Å². The highest BCUT2D eigenvalue weighted by Crippen LogP contribution is 2.45. The molecular weight excluding hydrogens is 465 g/mol. The van der Waals surface area contributed by atoms with Crippen LogP contribution < -0.4 is 4.90 Å². The van der Waals surface area contributed by atoms with E-state index in [1.807, 2.05) is 41.5 Å². The number of ether oxygens (including phenoxy) is 3. The maximum atomic E-state index is 16.1. The van der Waals surface area contributed by atoms with Gasteiger partial charge in [0.05, 0.1) is 30.2 Å². The van der Waals surface area contributed by atoms with E-state index in [0.29, 0.717) is 16.7 Å². The number of rotatable bonds is 5. The van der Waals surface area contributed by atoms with Crippen LogP contribution in [0.3, 0.4) is 0 Å². The van der Waals surface area contributed by atoms with E-state index in [1.165, 1.54) is 17.6 Å². The van der Waals surface area contributed by atoms with Crippen LogP contribution in [0.1, 0.15) is 68.4 Å². The van der Waals surface area contributed by atoms with Crippen LogP contribution in [0.2, 0.25) is 0 Å². The summed E-state index contributed by atoms with van der Waals surface area (Å²) in [5.41, 5.74) is -0.253. The van der Waals surface area contributed by atoms with Gasteiger partial charge in [0.25, 0.3) is 0 Å². The number of halogens is 1. The smallest absolute Gasteiger partial charge is 0.415 e. The van der Waals surface area contributed by atoms with Crippen molar-refractivity contribution in [3.8, 4) is 0 Å². The summed E-state index contributed by atoms with van der Waals surface area (Å²) in [5.74, 6) is -0.103. The lowest BCUT2D eigenvalue weighted by Gasteiger charge is -2.31. The molecule has 2 aromatic rings. The molecule has 9 nitrogen and oxygen atoms in total. The lowest BCUT2D eigenvalue weighted by Crippen LogP contribution is -2.38. The largest absolute Gasteiger partial charge is 0.443 e. The maximum absolute atomic E-state index is 16.1. The Morgan fingerprint density at radius 2 is 1.69 bits per heavy atom. The van der Waals surface area contributed by atoms with Crippen molar-refractivity contribution in [2.24, 2.45) is 5.92 Å². The first-order valence-electron chi connectivity index (χ1n) is 12.2. The summed E-state index contributed by atoms with van der Waals surface area (Å²) in [6, 6.07) is -0.773. The minimum atomic E-state index is -1.41. The molecule has 3 rings (SSSR count). The SMILES string of the molecule is C=C1[C@@H](n2cnc3c(N(C)C(=O)OC(C)(C)C)ncnc32)[C@@H](F)C(OC(C)(C)C)[C@H]1COC(C)(C)C.